The molecule has 0 amide bonds. The first kappa shape index (κ1) is 15.0. The highest BCUT2D eigenvalue weighted by Gasteiger charge is 2.34. The van der Waals surface area contributed by atoms with Crippen molar-refractivity contribution in [3.05, 3.63) is 0 Å². The fourth-order valence-electron chi connectivity index (χ4n) is 3.03. The zero-order valence-corrected chi connectivity index (χ0v) is 12.4. The number of hydrogen-bond donors (Lipinski definition) is 0. The Bertz CT molecular complexity index is 306. The smallest absolute Gasteiger partial charge is 0.153 e. The second-order valence-corrected chi connectivity index (χ2v) is 8.21. The molecule has 0 heterocycles. The minimum Gasteiger partial charge on any atom is -0.229 e. The molecule has 1 fully saturated rings. The quantitative estimate of drug-likeness (QED) is 0.728. The Balaban J connectivity index is 2.69. The highest BCUT2D eigenvalue weighted by molar-refractivity contribution is 7.92. The molecule has 1 saturated carbocycles. The van der Waals surface area contributed by atoms with Gasteiger partial charge in [0.2, 0.25) is 0 Å². The maximum atomic E-state index is 12.4. The van der Waals surface area contributed by atoms with Gasteiger partial charge in [-0.2, -0.15) is 0 Å². The Kier molecular flexibility index (Phi) is 5.98. The molecule has 3 heteroatoms. The van der Waals surface area contributed by atoms with E-state index in [0.29, 0.717) is 11.7 Å². The van der Waals surface area contributed by atoms with E-state index >= 15 is 0 Å². The summed E-state index contributed by atoms with van der Waals surface area (Å²) in [5, 5.41) is -0.0369. The SMILES string of the molecule is CCCCC1CCCCC1S(=O)(=O)CC(C)C. The highest BCUT2D eigenvalue weighted by atomic mass is 32.2. The Hall–Kier alpha value is -0.0500. The summed E-state index contributed by atoms with van der Waals surface area (Å²) >= 11 is 0. The Morgan fingerprint density at radius 2 is 1.82 bits per heavy atom. The molecule has 0 aromatic heterocycles. The molecule has 0 spiro atoms. The minimum atomic E-state index is -2.86. The molecule has 0 aromatic rings. The van der Waals surface area contributed by atoms with Crippen molar-refractivity contribution in [3.63, 3.8) is 0 Å². The summed E-state index contributed by atoms with van der Waals surface area (Å²) < 4.78 is 24.7. The van der Waals surface area contributed by atoms with E-state index in [2.05, 4.69) is 6.92 Å². The van der Waals surface area contributed by atoms with Crippen LogP contribution >= 0.6 is 0 Å². The van der Waals surface area contributed by atoms with Crippen molar-refractivity contribution in [2.24, 2.45) is 11.8 Å². The van der Waals surface area contributed by atoms with E-state index in [1.165, 1.54) is 19.3 Å². The van der Waals surface area contributed by atoms with Gasteiger partial charge in [-0.15, -0.1) is 0 Å². The van der Waals surface area contributed by atoms with Gasteiger partial charge in [-0.25, -0.2) is 8.42 Å². The molecule has 0 aliphatic heterocycles. The number of sulfone groups is 1. The van der Waals surface area contributed by atoms with Crippen LogP contribution in [0.15, 0.2) is 0 Å². The molecule has 2 nitrogen and oxygen atoms in total. The van der Waals surface area contributed by atoms with Crippen molar-refractivity contribution in [1.82, 2.24) is 0 Å². The lowest BCUT2D eigenvalue weighted by Crippen LogP contribution is -2.35. The van der Waals surface area contributed by atoms with Crippen LogP contribution in [0.3, 0.4) is 0 Å². The monoisotopic (exact) mass is 260 g/mol. The van der Waals surface area contributed by atoms with Crippen molar-refractivity contribution in [1.29, 1.82) is 0 Å². The fraction of sp³-hybridized carbons (Fsp3) is 1.00. The summed E-state index contributed by atoms with van der Waals surface area (Å²) in [7, 11) is -2.86. The van der Waals surface area contributed by atoms with Crippen LogP contribution in [-0.2, 0) is 9.84 Å². The first-order valence-corrected chi connectivity index (χ1v) is 8.90. The normalized spacial score (nSPS) is 26.4. The fourth-order valence-corrected chi connectivity index (χ4v) is 5.59. The van der Waals surface area contributed by atoms with Gasteiger partial charge < -0.3 is 0 Å². The summed E-state index contributed by atoms with van der Waals surface area (Å²) in [4.78, 5) is 0. The lowest BCUT2D eigenvalue weighted by molar-refractivity contribution is 0.330. The maximum absolute atomic E-state index is 12.4. The van der Waals surface area contributed by atoms with Crippen LogP contribution in [0.1, 0.15) is 65.7 Å². The zero-order chi connectivity index (χ0) is 12.9. The van der Waals surface area contributed by atoms with Gasteiger partial charge >= 0.3 is 0 Å². The predicted molar refractivity (Wildman–Crippen MR) is 73.9 cm³/mol. The van der Waals surface area contributed by atoms with E-state index in [9.17, 15) is 8.42 Å². The van der Waals surface area contributed by atoms with E-state index < -0.39 is 9.84 Å². The van der Waals surface area contributed by atoms with E-state index in [-0.39, 0.29) is 11.2 Å². The molecule has 17 heavy (non-hydrogen) atoms. The molecule has 0 bridgehead atoms. The van der Waals surface area contributed by atoms with Crippen molar-refractivity contribution in [2.45, 2.75) is 71.0 Å². The van der Waals surface area contributed by atoms with Crippen molar-refractivity contribution >= 4 is 9.84 Å². The van der Waals surface area contributed by atoms with Crippen LogP contribution in [0.5, 0.6) is 0 Å². The standard InChI is InChI=1S/C14H28O2S/c1-4-5-8-13-9-6-7-10-14(13)17(15,16)11-12(2)3/h12-14H,4-11H2,1-3H3. The third-order valence-electron chi connectivity index (χ3n) is 3.79. The molecule has 1 aliphatic rings. The maximum Gasteiger partial charge on any atom is 0.153 e. The first-order chi connectivity index (χ1) is 7.97. The second-order valence-electron chi connectivity index (χ2n) is 5.95. The molecule has 0 N–H and O–H groups in total. The van der Waals surface area contributed by atoms with E-state index in [4.69, 9.17) is 0 Å². The van der Waals surface area contributed by atoms with Gasteiger partial charge in [0.15, 0.2) is 9.84 Å². The van der Waals surface area contributed by atoms with Gasteiger partial charge in [0.25, 0.3) is 0 Å². The summed E-state index contributed by atoms with van der Waals surface area (Å²) in [6.45, 7) is 6.18. The first-order valence-electron chi connectivity index (χ1n) is 7.19. The van der Waals surface area contributed by atoms with Crippen LogP contribution in [0, 0.1) is 11.8 Å². The van der Waals surface area contributed by atoms with Crippen molar-refractivity contribution < 1.29 is 8.42 Å². The predicted octanol–water partition coefficient (Wildman–Crippen LogP) is 3.81. The summed E-state index contributed by atoms with van der Waals surface area (Å²) in [6, 6.07) is 0. The second kappa shape index (κ2) is 6.77. The Morgan fingerprint density at radius 1 is 1.18 bits per heavy atom. The average Bonchev–Trinajstić information content (AvgIpc) is 2.25. The molecule has 2 atom stereocenters. The van der Waals surface area contributed by atoms with Crippen molar-refractivity contribution in [3.8, 4) is 0 Å². The number of unbranched alkanes of at least 4 members (excludes halogenated alkanes) is 1. The third kappa shape index (κ3) is 4.61. The lowest BCUT2D eigenvalue weighted by Gasteiger charge is -2.31. The van der Waals surface area contributed by atoms with Crippen LogP contribution in [-0.4, -0.2) is 19.4 Å². The lowest BCUT2D eigenvalue weighted by atomic mass is 9.85. The van der Waals surface area contributed by atoms with Crippen LogP contribution in [0.4, 0.5) is 0 Å². The van der Waals surface area contributed by atoms with Gasteiger partial charge in [0.05, 0.1) is 11.0 Å². The molecule has 0 saturated heterocycles. The molecule has 102 valence electrons. The summed E-state index contributed by atoms with van der Waals surface area (Å²) in [5.41, 5.74) is 0. The van der Waals surface area contributed by atoms with Gasteiger partial charge in [-0.05, 0) is 31.1 Å². The largest absolute Gasteiger partial charge is 0.229 e. The molecule has 1 rings (SSSR count). The van der Waals surface area contributed by atoms with E-state index in [1.807, 2.05) is 13.8 Å². The van der Waals surface area contributed by atoms with E-state index in [0.717, 1.165) is 25.7 Å². The molecular formula is C14H28O2S. The van der Waals surface area contributed by atoms with Crippen LogP contribution in [0.2, 0.25) is 0 Å². The van der Waals surface area contributed by atoms with Gasteiger partial charge in [0.1, 0.15) is 0 Å². The average molecular weight is 260 g/mol. The molecule has 2 unspecified atom stereocenters. The minimum absolute atomic E-state index is 0.0369. The zero-order valence-electron chi connectivity index (χ0n) is 11.6. The molecule has 0 aromatic carbocycles. The molecular weight excluding hydrogens is 232 g/mol. The topological polar surface area (TPSA) is 34.1 Å². The molecule has 0 radical (unpaired) electrons. The molecule has 1 aliphatic carbocycles. The van der Waals surface area contributed by atoms with Crippen molar-refractivity contribution in [2.75, 3.05) is 5.75 Å². The van der Waals surface area contributed by atoms with E-state index in [1.54, 1.807) is 0 Å². The van der Waals surface area contributed by atoms with Gasteiger partial charge in [0, 0.05) is 0 Å². The number of rotatable bonds is 6. The Morgan fingerprint density at radius 3 is 2.41 bits per heavy atom. The van der Waals surface area contributed by atoms with Crippen LogP contribution in [0.25, 0.3) is 0 Å². The summed E-state index contributed by atoms with van der Waals surface area (Å²) in [6.07, 6.45) is 7.82. The number of hydrogen-bond acceptors (Lipinski definition) is 2. The van der Waals surface area contributed by atoms with Gasteiger partial charge in [-0.1, -0.05) is 46.5 Å². The Labute approximate surface area is 107 Å². The third-order valence-corrected chi connectivity index (χ3v) is 6.47. The summed E-state index contributed by atoms with van der Waals surface area (Å²) in [5.74, 6) is 1.07. The van der Waals surface area contributed by atoms with Crippen LogP contribution < -0.4 is 0 Å². The van der Waals surface area contributed by atoms with Gasteiger partial charge in [-0.3, -0.25) is 0 Å². The highest BCUT2D eigenvalue weighted by Crippen LogP contribution is 2.33.